The maximum Gasteiger partial charge on any atom is 0.308 e. The number of allylic oxidation sites excluding steroid dienone is 2. The predicted octanol–water partition coefficient (Wildman–Crippen LogP) is 10.0. The summed E-state index contributed by atoms with van der Waals surface area (Å²) >= 11 is 0. The van der Waals surface area contributed by atoms with Crippen LogP contribution in [0.5, 0.6) is 5.75 Å². The molecule has 2 saturated carbocycles. The van der Waals surface area contributed by atoms with E-state index in [1.54, 1.807) is 0 Å². The van der Waals surface area contributed by atoms with Crippen LogP contribution in [0, 0.1) is 17.3 Å². The lowest BCUT2D eigenvalue weighted by Gasteiger charge is -2.48. The fraction of sp³-hybridized carbons (Fsp3) is 0.730. The van der Waals surface area contributed by atoms with Crippen LogP contribution in [0.1, 0.15) is 153 Å². The summed E-state index contributed by atoms with van der Waals surface area (Å²) in [7, 11) is 0. The lowest BCUT2D eigenvalue weighted by atomic mass is 9.55. The number of hydrogen-bond donors (Lipinski definition) is 0. The second kappa shape index (κ2) is 16.5. The molecule has 1 aromatic rings. The molecule has 1 aromatic carbocycles. The first-order chi connectivity index (χ1) is 20.0. The van der Waals surface area contributed by atoms with Crippen LogP contribution < -0.4 is 4.74 Å². The van der Waals surface area contributed by atoms with E-state index in [1.807, 2.05) is 6.07 Å². The van der Waals surface area contributed by atoms with Gasteiger partial charge in [0.15, 0.2) is 0 Å². The third-order valence-corrected chi connectivity index (χ3v) is 10.5. The van der Waals surface area contributed by atoms with Crippen molar-refractivity contribution in [1.82, 2.24) is 0 Å². The molecular formula is C37H56O4. The van der Waals surface area contributed by atoms with Crippen molar-refractivity contribution in [2.75, 3.05) is 6.79 Å². The van der Waals surface area contributed by atoms with Crippen LogP contribution in [0.2, 0.25) is 0 Å². The van der Waals surface area contributed by atoms with Crippen molar-refractivity contribution in [1.29, 1.82) is 0 Å². The van der Waals surface area contributed by atoms with Crippen molar-refractivity contribution in [3.8, 4) is 5.75 Å². The minimum absolute atomic E-state index is 0.0166. The molecule has 0 unspecified atom stereocenters. The van der Waals surface area contributed by atoms with E-state index in [9.17, 15) is 9.59 Å². The number of benzene rings is 1. The SMILES string of the molecule is CCCCCCCC/C=C\CCCCCCCC(=O)OCOc1ccc2c(c1)CC[C@@H]1[C@@H]2CC[C@]2(C)C(=O)CC[C@@H]12. The van der Waals surface area contributed by atoms with Crippen molar-refractivity contribution in [3.63, 3.8) is 0 Å². The Morgan fingerprint density at radius 3 is 2.37 bits per heavy atom. The summed E-state index contributed by atoms with van der Waals surface area (Å²) in [5.74, 6) is 2.88. The number of Topliss-reactive ketones (excluding diaryl/α,β-unsaturated/α-hetero) is 1. The van der Waals surface area contributed by atoms with Gasteiger partial charge in [-0.3, -0.25) is 9.59 Å². The molecule has 228 valence electrons. The Labute approximate surface area is 250 Å². The monoisotopic (exact) mass is 564 g/mol. The third-order valence-electron chi connectivity index (χ3n) is 10.5. The molecular weight excluding hydrogens is 508 g/mol. The predicted molar refractivity (Wildman–Crippen MR) is 167 cm³/mol. The number of carbonyl (C=O) groups excluding carboxylic acids is 2. The summed E-state index contributed by atoms with van der Waals surface area (Å²) < 4.78 is 11.2. The van der Waals surface area contributed by atoms with Crippen molar-refractivity contribution in [2.45, 2.75) is 148 Å². The minimum atomic E-state index is -0.167. The Balaban J connectivity index is 1.03. The average Bonchev–Trinajstić information content (AvgIpc) is 3.28. The van der Waals surface area contributed by atoms with Gasteiger partial charge in [0.2, 0.25) is 6.79 Å². The van der Waals surface area contributed by atoms with Crippen molar-refractivity contribution >= 4 is 11.8 Å². The van der Waals surface area contributed by atoms with Gasteiger partial charge in [-0.25, -0.2) is 0 Å². The van der Waals surface area contributed by atoms with Gasteiger partial charge in [0.25, 0.3) is 0 Å². The van der Waals surface area contributed by atoms with Gasteiger partial charge in [0.05, 0.1) is 0 Å². The van der Waals surface area contributed by atoms with Gasteiger partial charge in [-0.15, -0.1) is 0 Å². The van der Waals surface area contributed by atoms with Crippen LogP contribution in [0.3, 0.4) is 0 Å². The first-order valence-electron chi connectivity index (χ1n) is 17.1. The van der Waals surface area contributed by atoms with E-state index in [2.05, 4.69) is 38.1 Å². The summed E-state index contributed by atoms with van der Waals surface area (Å²) in [6.07, 6.45) is 27.6. The molecule has 4 heteroatoms. The summed E-state index contributed by atoms with van der Waals surface area (Å²) in [4.78, 5) is 24.7. The summed E-state index contributed by atoms with van der Waals surface area (Å²) in [5.41, 5.74) is 2.75. The lowest BCUT2D eigenvalue weighted by molar-refractivity contribution is -0.150. The molecule has 0 amide bonds. The van der Waals surface area contributed by atoms with E-state index >= 15 is 0 Å². The van der Waals surface area contributed by atoms with Crippen LogP contribution >= 0.6 is 0 Å². The molecule has 0 radical (unpaired) electrons. The molecule has 0 spiro atoms. The minimum Gasteiger partial charge on any atom is -0.457 e. The topological polar surface area (TPSA) is 52.6 Å². The van der Waals surface area contributed by atoms with Crippen LogP contribution in [-0.2, 0) is 20.7 Å². The lowest BCUT2D eigenvalue weighted by Crippen LogP contribution is -2.42. The van der Waals surface area contributed by atoms with Gasteiger partial charge < -0.3 is 9.47 Å². The second-order valence-corrected chi connectivity index (χ2v) is 13.3. The van der Waals surface area contributed by atoms with Crippen molar-refractivity contribution < 1.29 is 19.1 Å². The van der Waals surface area contributed by atoms with Gasteiger partial charge in [-0.1, -0.05) is 83.4 Å². The molecule has 0 heterocycles. The van der Waals surface area contributed by atoms with E-state index in [4.69, 9.17) is 9.47 Å². The fourth-order valence-corrected chi connectivity index (χ4v) is 8.00. The maximum absolute atomic E-state index is 12.6. The highest BCUT2D eigenvalue weighted by atomic mass is 16.7. The maximum atomic E-state index is 12.6. The van der Waals surface area contributed by atoms with E-state index in [0.29, 0.717) is 30.0 Å². The molecule has 0 saturated heterocycles. The Kier molecular flexibility index (Phi) is 12.8. The van der Waals surface area contributed by atoms with E-state index in [1.165, 1.54) is 88.2 Å². The van der Waals surface area contributed by atoms with Gasteiger partial charge in [0, 0.05) is 18.3 Å². The van der Waals surface area contributed by atoms with Gasteiger partial charge in [-0.05, 0) is 105 Å². The molecule has 3 aliphatic rings. The number of aryl methyl sites for hydroxylation is 1. The van der Waals surface area contributed by atoms with Gasteiger partial charge in [0.1, 0.15) is 11.5 Å². The molecule has 4 atom stereocenters. The number of unbranched alkanes of at least 4 members (excludes halogenated alkanes) is 11. The largest absolute Gasteiger partial charge is 0.457 e. The Bertz CT molecular complexity index is 997. The van der Waals surface area contributed by atoms with E-state index < -0.39 is 0 Å². The van der Waals surface area contributed by atoms with Crippen LogP contribution in [0.4, 0.5) is 0 Å². The van der Waals surface area contributed by atoms with Gasteiger partial charge in [-0.2, -0.15) is 0 Å². The van der Waals surface area contributed by atoms with Crippen LogP contribution in [0.15, 0.2) is 30.4 Å². The highest BCUT2D eigenvalue weighted by Crippen LogP contribution is 2.59. The van der Waals surface area contributed by atoms with Crippen molar-refractivity contribution in [2.24, 2.45) is 17.3 Å². The summed E-state index contributed by atoms with van der Waals surface area (Å²) in [6, 6.07) is 6.41. The molecule has 0 N–H and O–H groups in total. The second-order valence-electron chi connectivity index (χ2n) is 13.3. The first-order valence-corrected chi connectivity index (χ1v) is 17.1. The summed E-state index contributed by atoms with van der Waals surface area (Å²) in [6.45, 7) is 4.48. The molecule has 41 heavy (non-hydrogen) atoms. The molecule has 2 fully saturated rings. The normalized spacial score (nSPS) is 25.1. The number of rotatable bonds is 18. The third kappa shape index (κ3) is 8.94. The van der Waals surface area contributed by atoms with Gasteiger partial charge >= 0.3 is 5.97 Å². The zero-order chi connectivity index (χ0) is 28.9. The Hall–Kier alpha value is -2.10. The molecule has 3 aliphatic carbocycles. The zero-order valence-electron chi connectivity index (χ0n) is 26.1. The molecule has 0 bridgehead atoms. The molecule has 0 aliphatic heterocycles. The van der Waals surface area contributed by atoms with Crippen LogP contribution in [-0.4, -0.2) is 18.5 Å². The Morgan fingerprint density at radius 1 is 0.902 bits per heavy atom. The molecule has 4 rings (SSSR count). The molecule has 0 aromatic heterocycles. The number of ether oxygens (including phenoxy) is 2. The number of esters is 1. The first kappa shape index (κ1) is 31.8. The van der Waals surface area contributed by atoms with Crippen molar-refractivity contribution in [3.05, 3.63) is 41.5 Å². The standard InChI is InChI=1S/C37H56O4/c1-3-4-5-6-7-8-9-10-11-12-13-14-15-16-17-18-36(39)41-28-40-30-20-22-31-29(27-30)19-21-33-32(31)25-26-37(2)34(33)23-24-35(37)38/h10-11,20,22,27,32-34H,3-9,12-19,21,23-26,28H2,1-2H3/b11-10-/t32-,33-,34+,37+/m1/s1. The number of hydrogen-bond acceptors (Lipinski definition) is 4. The highest BCUT2D eigenvalue weighted by Gasteiger charge is 2.54. The zero-order valence-corrected chi connectivity index (χ0v) is 26.1. The van der Waals surface area contributed by atoms with Crippen LogP contribution in [0.25, 0.3) is 0 Å². The molecule has 4 nitrogen and oxygen atoms in total. The quantitative estimate of drug-likeness (QED) is 0.0770. The Morgan fingerprint density at radius 2 is 1.61 bits per heavy atom. The number of carbonyl (C=O) groups is 2. The number of fused-ring (bicyclic) bond motifs is 5. The summed E-state index contributed by atoms with van der Waals surface area (Å²) in [5, 5.41) is 0. The smallest absolute Gasteiger partial charge is 0.308 e. The highest BCUT2D eigenvalue weighted by molar-refractivity contribution is 5.87. The fourth-order valence-electron chi connectivity index (χ4n) is 8.00. The number of ketones is 1. The van der Waals surface area contributed by atoms with E-state index in [0.717, 1.165) is 50.7 Å². The van der Waals surface area contributed by atoms with E-state index in [-0.39, 0.29) is 18.2 Å². The average molecular weight is 565 g/mol.